The molecule has 0 amide bonds. The van der Waals surface area contributed by atoms with E-state index in [-0.39, 0.29) is 0 Å². The maximum absolute atomic E-state index is 6.20. The lowest BCUT2D eigenvalue weighted by atomic mass is 9.80. The van der Waals surface area contributed by atoms with Gasteiger partial charge in [-0.2, -0.15) is 0 Å². The van der Waals surface area contributed by atoms with Gasteiger partial charge in [0, 0.05) is 0 Å². The van der Waals surface area contributed by atoms with E-state index in [1.54, 1.807) is 0 Å². The van der Waals surface area contributed by atoms with E-state index in [0.717, 1.165) is 24.4 Å². The van der Waals surface area contributed by atoms with Crippen LogP contribution in [0.3, 0.4) is 0 Å². The number of ether oxygens (including phenoxy) is 1. The molecule has 1 fully saturated rings. The van der Waals surface area contributed by atoms with Crippen molar-refractivity contribution in [3.63, 3.8) is 0 Å². The van der Waals surface area contributed by atoms with Gasteiger partial charge >= 0.3 is 0 Å². The minimum Gasteiger partial charge on any atom is -0.374 e. The summed E-state index contributed by atoms with van der Waals surface area (Å²) >= 11 is 0. The molecule has 2 aliphatic rings. The van der Waals surface area contributed by atoms with E-state index in [1.807, 2.05) is 0 Å². The zero-order valence-corrected chi connectivity index (χ0v) is 15.1. The average Bonchev–Trinajstić information content (AvgIpc) is 2.56. The second-order valence-corrected chi connectivity index (χ2v) is 7.77. The molecule has 0 aromatic carbocycles. The van der Waals surface area contributed by atoms with Crippen LogP contribution in [0, 0.1) is 17.8 Å². The van der Waals surface area contributed by atoms with Gasteiger partial charge in [0.2, 0.25) is 0 Å². The Hall–Kier alpha value is -0.300. The summed E-state index contributed by atoms with van der Waals surface area (Å²) in [4.78, 5) is 0. The molecule has 2 rings (SSSR count). The first-order chi connectivity index (χ1) is 10.8. The average molecular weight is 307 g/mol. The monoisotopic (exact) mass is 306 g/mol. The lowest BCUT2D eigenvalue weighted by molar-refractivity contribution is 0.0313. The molecule has 0 aromatic heterocycles. The molecule has 0 heterocycles. The van der Waals surface area contributed by atoms with Gasteiger partial charge in [0.25, 0.3) is 0 Å². The summed E-state index contributed by atoms with van der Waals surface area (Å²) in [7, 11) is 0. The van der Waals surface area contributed by atoms with E-state index < -0.39 is 0 Å². The van der Waals surface area contributed by atoms with Crippen molar-refractivity contribution in [3.05, 3.63) is 12.2 Å². The van der Waals surface area contributed by atoms with Gasteiger partial charge in [-0.05, 0) is 49.9 Å². The van der Waals surface area contributed by atoms with Crippen LogP contribution in [-0.4, -0.2) is 12.7 Å². The van der Waals surface area contributed by atoms with E-state index in [4.69, 9.17) is 4.74 Å². The van der Waals surface area contributed by atoms with Crippen molar-refractivity contribution in [2.24, 2.45) is 17.8 Å². The van der Waals surface area contributed by atoms with E-state index >= 15 is 0 Å². The molecule has 1 nitrogen and oxygen atoms in total. The van der Waals surface area contributed by atoms with Crippen LogP contribution < -0.4 is 0 Å². The van der Waals surface area contributed by atoms with E-state index in [1.165, 1.54) is 77.0 Å². The Morgan fingerprint density at radius 1 is 0.773 bits per heavy atom. The highest BCUT2D eigenvalue weighted by Crippen LogP contribution is 2.33. The zero-order valence-electron chi connectivity index (χ0n) is 15.1. The molecule has 0 aromatic rings. The quantitative estimate of drug-likeness (QED) is 0.348. The molecule has 2 unspecified atom stereocenters. The minimum absolute atomic E-state index is 0.412. The molecule has 0 radical (unpaired) electrons. The number of hydrogen-bond donors (Lipinski definition) is 0. The van der Waals surface area contributed by atoms with Crippen molar-refractivity contribution in [1.82, 2.24) is 0 Å². The molecule has 22 heavy (non-hydrogen) atoms. The third-order valence-corrected chi connectivity index (χ3v) is 5.81. The van der Waals surface area contributed by atoms with Crippen LogP contribution in [0.2, 0.25) is 0 Å². The number of allylic oxidation sites excluding steroid dienone is 1. The Balaban J connectivity index is 1.56. The highest BCUT2D eigenvalue weighted by molar-refractivity contribution is 4.99. The van der Waals surface area contributed by atoms with Crippen LogP contribution >= 0.6 is 0 Å². The summed E-state index contributed by atoms with van der Waals surface area (Å²) < 4.78 is 6.20. The number of rotatable bonds is 9. The summed E-state index contributed by atoms with van der Waals surface area (Å²) in [5.41, 5.74) is 0. The van der Waals surface area contributed by atoms with E-state index in [0.29, 0.717) is 6.10 Å². The van der Waals surface area contributed by atoms with Crippen LogP contribution in [0.4, 0.5) is 0 Å². The molecule has 0 bridgehead atoms. The maximum atomic E-state index is 6.20. The fraction of sp³-hybridized carbons (Fsp3) is 0.905. The SMILES string of the molecule is CCCCCC1CCC(COC2C=CC(CCC)CC2)CC1. The largest absolute Gasteiger partial charge is 0.374 e. The molecule has 1 saturated carbocycles. The van der Waals surface area contributed by atoms with Gasteiger partial charge in [-0.3, -0.25) is 0 Å². The third kappa shape index (κ3) is 6.44. The van der Waals surface area contributed by atoms with Gasteiger partial charge < -0.3 is 4.74 Å². The second-order valence-electron chi connectivity index (χ2n) is 7.77. The fourth-order valence-electron chi connectivity index (χ4n) is 4.23. The number of unbranched alkanes of at least 4 members (excludes halogenated alkanes) is 2. The Morgan fingerprint density at radius 2 is 1.55 bits per heavy atom. The van der Waals surface area contributed by atoms with Gasteiger partial charge in [-0.1, -0.05) is 70.9 Å². The van der Waals surface area contributed by atoms with E-state index in [2.05, 4.69) is 26.0 Å². The summed E-state index contributed by atoms with van der Waals surface area (Å²) in [5, 5.41) is 0. The highest BCUT2D eigenvalue weighted by Gasteiger charge is 2.22. The van der Waals surface area contributed by atoms with E-state index in [9.17, 15) is 0 Å². The topological polar surface area (TPSA) is 9.23 Å². The smallest absolute Gasteiger partial charge is 0.0756 e. The predicted molar refractivity (Wildman–Crippen MR) is 96.1 cm³/mol. The molecule has 0 N–H and O–H groups in total. The molecule has 2 aliphatic carbocycles. The summed E-state index contributed by atoms with van der Waals surface area (Å²) in [6.45, 7) is 5.60. The molecular formula is C21H38O. The fourth-order valence-corrected chi connectivity index (χ4v) is 4.23. The van der Waals surface area contributed by atoms with Crippen molar-refractivity contribution in [2.45, 2.75) is 97.0 Å². The Kier molecular flexibility index (Phi) is 8.59. The van der Waals surface area contributed by atoms with Crippen LogP contribution in [0.25, 0.3) is 0 Å². The molecule has 0 aliphatic heterocycles. The Labute approximate surface area is 138 Å². The first-order valence-corrected chi connectivity index (χ1v) is 10.1. The van der Waals surface area contributed by atoms with Crippen molar-refractivity contribution in [3.8, 4) is 0 Å². The van der Waals surface area contributed by atoms with Crippen molar-refractivity contribution < 1.29 is 4.74 Å². The van der Waals surface area contributed by atoms with Gasteiger partial charge in [-0.15, -0.1) is 0 Å². The van der Waals surface area contributed by atoms with Gasteiger partial charge in [0.15, 0.2) is 0 Å². The van der Waals surface area contributed by atoms with Gasteiger partial charge in [-0.25, -0.2) is 0 Å². The lowest BCUT2D eigenvalue weighted by Crippen LogP contribution is -2.23. The van der Waals surface area contributed by atoms with Crippen molar-refractivity contribution in [1.29, 1.82) is 0 Å². The summed E-state index contributed by atoms with van der Waals surface area (Å²) in [6.07, 6.45) is 21.9. The second kappa shape index (κ2) is 10.5. The zero-order chi connectivity index (χ0) is 15.6. The Morgan fingerprint density at radius 3 is 2.18 bits per heavy atom. The first kappa shape index (κ1) is 18.0. The van der Waals surface area contributed by atoms with Gasteiger partial charge in [0.05, 0.1) is 12.7 Å². The highest BCUT2D eigenvalue weighted by atomic mass is 16.5. The van der Waals surface area contributed by atoms with Crippen LogP contribution in [0.15, 0.2) is 12.2 Å². The Bertz CT molecular complexity index is 301. The minimum atomic E-state index is 0.412. The predicted octanol–water partition coefficient (Wildman–Crippen LogP) is 6.52. The van der Waals surface area contributed by atoms with Crippen LogP contribution in [0.5, 0.6) is 0 Å². The van der Waals surface area contributed by atoms with Gasteiger partial charge in [0.1, 0.15) is 0 Å². The molecule has 0 spiro atoms. The first-order valence-electron chi connectivity index (χ1n) is 10.1. The standard InChI is InChI=1S/C21H38O/c1-3-5-6-8-19-9-11-20(12-10-19)17-22-21-15-13-18(7-4-2)14-16-21/h13,15,18-21H,3-12,14,16-17H2,1-2H3. The van der Waals surface area contributed by atoms with Crippen molar-refractivity contribution >= 4 is 0 Å². The van der Waals surface area contributed by atoms with Crippen LogP contribution in [0.1, 0.15) is 90.9 Å². The summed E-state index contributed by atoms with van der Waals surface area (Å²) in [5.74, 6) is 2.68. The maximum Gasteiger partial charge on any atom is 0.0756 e. The summed E-state index contributed by atoms with van der Waals surface area (Å²) in [6, 6.07) is 0. The molecular weight excluding hydrogens is 268 g/mol. The van der Waals surface area contributed by atoms with Crippen molar-refractivity contribution in [2.75, 3.05) is 6.61 Å². The normalized spacial score (nSPS) is 32.3. The molecule has 0 saturated heterocycles. The molecule has 128 valence electrons. The van der Waals surface area contributed by atoms with Crippen LogP contribution in [-0.2, 0) is 4.74 Å². The molecule has 2 atom stereocenters. The third-order valence-electron chi connectivity index (χ3n) is 5.81. The lowest BCUT2D eigenvalue weighted by Gasteiger charge is -2.30. The molecule has 1 heteroatoms. The number of hydrogen-bond acceptors (Lipinski definition) is 1.